The molecule has 0 aromatic heterocycles. The highest BCUT2D eigenvalue weighted by atomic mass is 32.2. The van der Waals surface area contributed by atoms with Gasteiger partial charge < -0.3 is 0 Å². The summed E-state index contributed by atoms with van der Waals surface area (Å²) >= 11 is 0. The number of benzene rings is 1. The van der Waals surface area contributed by atoms with Crippen molar-refractivity contribution in [2.75, 3.05) is 0 Å². The molecule has 13 heavy (non-hydrogen) atoms. The lowest BCUT2D eigenvalue weighted by Crippen LogP contribution is -2.14. The van der Waals surface area contributed by atoms with Gasteiger partial charge in [-0.15, -0.1) is 0 Å². The van der Waals surface area contributed by atoms with Crippen LogP contribution in [0.3, 0.4) is 0 Å². The van der Waals surface area contributed by atoms with E-state index in [0.29, 0.717) is 4.90 Å². The van der Waals surface area contributed by atoms with Crippen molar-refractivity contribution in [1.82, 2.24) is 0 Å². The molecule has 0 bridgehead atoms. The van der Waals surface area contributed by atoms with E-state index in [2.05, 4.69) is 0 Å². The van der Waals surface area contributed by atoms with E-state index >= 15 is 0 Å². The molecule has 1 aliphatic rings. The van der Waals surface area contributed by atoms with Gasteiger partial charge in [-0.1, -0.05) is 25.1 Å². The van der Waals surface area contributed by atoms with Gasteiger partial charge >= 0.3 is 0 Å². The van der Waals surface area contributed by atoms with Crippen LogP contribution in [0.25, 0.3) is 0 Å². The summed E-state index contributed by atoms with van der Waals surface area (Å²) in [5.74, 6) is 0.126. The summed E-state index contributed by atoms with van der Waals surface area (Å²) in [6.45, 7) is 3.74. The van der Waals surface area contributed by atoms with Gasteiger partial charge in [0.05, 0.1) is 10.1 Å². The fourth-order valence-corrected chi connectivity index (χ4v) is 3.77. The Morgan fingerprint density at radius 1 is 1.15 bits per heavy atom. The first-order chi connectivity index (χ1) is 6.05. The standard InChI is InChI=1S/C10H12O2S/c1-7-8(2)13(11,12)10-6-4-3-5-9(7)10/h3-8H,1-2H3/t7-,8-/m1/s1. The molecular formula is C10H12O2S. The van der Waals surface area contributed by atoms with Crippen LogP contribution in [0.1, 0.15) is 25.3 Å². The average Bonchev–Trinajstić information content (AvgIpc) is 2.30. The highest BCUT2D eigenvalue weighted by Crippen LogP contribution is 2.39. The molecule has 0 fully saturated rings. The number of hydrogen-bond acceptors (Lipinski definition) is 2. The van der Waals surface area contributed by atoms with Gasteiger partial charge in [0.2, 0.25) is 0 Å². The lowest BCUT2D eigenvalue weighted by Gasteiger charge is -2.06. The van der Waals surface area contributed by atoms with Crippen molar-refractivity contribution in [2.24, 2.45) is 0 Å². The van der Waals surface area contributed by atoms with E-state index in [1.165, 1.54) is 0 Å². The molecule has 1 heterocycles. The highest BCUT2D eigenvalue weighted by molar-refractivity contribution is 7.92. The van der Waals surface area contributed by atoms with Crippen LogP contribution in [0.4, 0.5) is 0 Å². The van der Waals surface area contributed by atoms with Crippen LogP contribution in [0.5, 0.6) is 0 Å². The van der Waals surface area contributed by atoms with Crippen LogP contribution < -0.4 is 0 Å². The van der Waals surface area contributed by atoms with Crippen LogP contribution >= 0.6 is 0 Å². The molecule has 1 aromatic rings. The van der Waals surface area contributed by atoms with Crippen LogP contribution in [-0.4, -0.2) is 13.7 Å². The number of rotatable bonds is 0. The Morgan fingerprint density at radius 2 is 1.77 bits per heavy atom. The molecule has 0 spiro atoms. The van der Waals surface area contributed by atoms with Crippen molar-refractivity contribution >= 4 is 9.84 Å². The highest BCUT2D eigenvalue weighted by Gasteiger charge is 2.38. The summed E-state index contributed by atoms with van der Waals surface area (Å²) in [6.07, 6.45) is 0. The Morgan fingerprint density at radius 3 is 2.38 bits per heavy atom. The molecule has 0 saturated carbocycles. The first-order valence-electron chi connectivity index (χ1n) is 4.38. The topological polar surface area (TPSA) is 34.1 Å². The van der Waals surface area contributed by atoms with E-state index < -0.39 is 9.84 Å². The molecule has 1 aromatic carbocycles. The van der Waals surface area contributed by atoms with E-state index in [9.17, 15) is 8.42 Å². The molecule has 2 rings (SSSR count). The zero-order valence-electron chi connectivity index (χ0n) is 7.69. The second-order valence-electron chi connectivity index (χ2n) is 3.58. The van der Waals surface area contributed by atoms with Gasteiger partial charge in [0.1, 0.15) is 0 Å². The lowest BCUT2D eigenvalue weighted by atomic mass is 9.99. The summed E-state index contributed by atoms with van der Waals surface area (Å²) in [5, 5.41) is -0.273. The molecule has 2 nitrogen and oxygen atoms in total. The predicted octanol–water partition coefficient (Wildman–Crippen LogP) is 1.97. The summed E-state index contributed by atoms with van der Waals surface area (Å²) in [4.78, 5) is 0.523. The quantitative estimate of drug-likeness (QED) is 0.635. The fraction of sp³-hybridized carbons (Fsp3) is 0.400. The van der Waals surface area contributed by atoms with Crippen molar-refractivity contribution in [3.63, 3.8) is 0 Å². The maximum atomic E-state index is 11.8. The van der Waals surface area contributed by atoms with E-state index in [-0.39, 0.29) is 11.2 Å². The van der Waals surface area contributed by atoms with Crippen LogP contribution in [0, 0.1) is 0 Å². The molecule has 3 heteroatoms. The molecule has 0 unspecified atom stereocenters. The van der Waals surface area contributed by atoms with Crippen LogP contribution in [-0.2, 0) is 9.84 Å². The molecule has 0 radical (unpaired) electrons. The Bertz CT molecular complexity index is 434. The maximum Gasteiger partial charge on any atom is 0.181 e. The van der Waals surface area contributed by atoms with Crippen LogP contribution in [0.2, 0.25) is 0 Å². The predicted molar refractivity (Wildman–Crippen MR) is 51.5 cm³/mol. The van der Waals surface area contributed by atoms with Crippen molar-refractivity contribution < 1.29 is 8.42 Å². The van der Waals surface area contributed by atoms with E-state index in [1.807, 2.05) is 19.1 Å². The molecule has 0 saturated heterocycles. The Balaban J connectivity index is 2.76. The molecular weight excluding hydrogens is 184 g/mol. The molecule has 1 aliphatic heterocycles. The third-order valence-electron chi connectivity index (χ3n) is 2.91. The van der Waals surface area contributed by atoms with Crippen LogP contribution in [0.15, 0.2) is 29.2 Å². The monoisotopic (exact) mass is 196 g/mol. The van der Waals surface area contributed by atoms with Crippen molar-refractivity contribution in [3.8, 4) is 0 Å². The minimum Gasteiger partial charge on any atom is -0.223 e. The summed E-state index contributed by atoms with van der Waals surface area (Å²) in [5.41, 5.74) is 0.968. The second-order valence-corrected chi connectivity index (χ2v) is 5.85. The van der Waals surface area contributed by atoms with E-state index in [0.717, 1.165) is 5.56 Å². The van der Waals surface area contributed by atoms with Gasteiger partial charge in [-0.05, 0) is 24.5 Å². The Hall–Kier alpha value is -0.830. The Kier molecular flexibility index (Phi) is 1.74. The SMILES string of the molecule is C[C@@H]1[C@@H](C)c2ccccc2S1(=O)=O. The molecule has 0 aliphatic carbocycles. The number of sulfone groups is 1. The average molecular weight is 196 g/mol. The van der Waals surface area contributed by atoms with Crippen molar-refractivity contribution in [2.45, 2.75) is 29.9 Å². The zero-order valence-corrected chi connectivity index (χ0v) is 8.51. The maximum absolute atomic E-state index is 11.8. The largest absolute Gasteiger partial charge is 0.223 e. The fourth-order valence-electron chi connectivity index (χ4n) is 1.84. The summed E-state index contributed by atoms with van der Waals surface area (Å²) in [6, 6.07) is 7.27. The van der Waals surface area contributed by atoms with Gasteiger partial charge in [0.25, 0.3) is 0 Å². The van der Waals surface area contributed by atoms with Gasteiger partial charge in [-0.3, -0.25) is 0 Å². The third-order valence-corrected chi connectivity index (χ3v) is 5.28. The first-order valence-corrected chi connectivity index (χ1v) is 5.92. The first kappa shape index (κ1) is 8.75. The van der Waals surface area contributed by atoms with Gasteiger partial charge in [-0.2, -0.15) is 0 Å². The van der Waals surface area contributed by atoms with Crippen molar-refractivity contribution in [1.29, 1.82) is 0 Å². The summed E-state index contributed by atoms with van der Waals surface area (Å²) < 4.78 is 23.6. The molecule has 0 amide bonds. The summed E-state index contributed by atoms with van der Waals surface area (Å²) in [7, 11) is -3.03. The van der Waals surface area contributed by atoms with Gasteiger partial charge in [0.15, 0.2) is 9.84 Å². The Labute approximate surface area is 78.5 Å². The molecule has 70 valence electrons. The van der Waals surface area contributed by atoms with E-state index in [1.54, 1.807) is 19.1 Å². The van der Waals surface area contributed by atoms with Gasteiger partial charge in [-0.25, -0.2) is 8.42 Å². The zero-order chi connectivity index (χ0) is 9.64. The number of hydrogen-bond donors (Lipinski definition) is 0. The number of fused-ring (bicyclic) bond motifs is 1. The van der Waals surface area contributed by atoms with E-state index in [4.69, 9.17) is 0 Å². The smallest absolute Gasteiger partial charge is 0.181 e. The third kappa shape index (κ3) is 1.03. The van der Waals surface area contributed by atoms with Crippen molar-refractivity contribution in [3.05, 3.63) is 29.8 Å². The lowest BCUT2D eigenvalue weighted by molar-refractivity contribution is 0.584. The second kappa shape index (κ2) is 2.58. The minimum atomic E-state index is -3.03. The van der Waals surface area contributed by atoms with Gasteiger partial charge in [0, 0.05) is 0 Å². The molecule has 2 atom stereocenters. The molecule has 0 N–H and O–H groups in total. The normalized spacial score (nSPS) is 30.0. The minimum absolute atomic E-state index is 0.126.